The van der Waals surface area contributed by atoms with E-state index in [1.807, 2.05) is 36.4 Å². The van der Waals surface area contributed by atoms with E-state index in [4.69, 9.17) is 11.6 Å². The Hall–Kier alpha value is -2.04. The third kappa shape index (κ3) is 6.60. The topological polar surface area (TPSA) is 44.4 Å². The minimum atomic E-state index is -0.0379. The number of nitrogens with one attached hydrogen (secondary N) is 2. The number of amides is 1. The molecular formula is C19H24ClN3O. The normalized spacial score (nSPS) is 10.7. The van der Waals surface area contributed by atoms with Gasteiger partial charge in [0.2, 0.25) is 5.91 Å². The molecule has 0 unspecified atom stereocenters. The van der Waals surface area contributed by atoms with Gasteiger partial charge < -0.3 is 15.5 Å². The highest BCUT2D eigenvalue weighted by Crippen LogP contribution is 2.15. The van der Waals surface area contributed by atoms with E-state index in [1.165, 1.54) is 0 Å². The molecule has 0 aromatic heterocycles. The minimum Gasteiger partial charge on any atom is -0.385 e. The van der Waals surface area contributed by atoms with Crippen molar-refractivity contribution >= 4 is 28.9 Å². The summed E-state index contributed by atoms with van der Waals surface area (Å²) < 4.78 is 0. The van der Waals surface area contributed by atoms with Crippen LogP contribution in [0.3, 0.4) is 0 Å². The second-order valence-corrected chi connectivity index (χ2v) is 6.45. The van der Waals surface area contributed by atoms with Crippen molar-refractivity contribution in [1.29, 1.82) is 0 Å². The molecule has 128 valence electrons. The van der Waals surface area contributed by atoms with Gasteiger partial charge in [-0.2, -0.15) is 0 Å². The van der Waals surface area contributed by atoms with Gasteiger partial charge in [-0.05, 0) is 69.0 Å². The number of benzene rings is 2. The van der Waals surface area contributed by atoms with Gasteiger partial charge in [-0.1, -0.05) is 23.7 Å². The number of nitrogens with zero attached hydrogens (tertiary/aromatic N) is 1. The summed E-state index contributed by atoms with van der Waals surface area (Å²) in [6.45, 7) is 1.99. The number of hydrogen-bond acceptors (Lipinski definition) is 3. The molecule has 0 bridgehead atoms. The molecule has 2 aromatic rings. The van der Waals surface area contributed by atoms with Gasteiger partial charge in [0.15, 0.2) is 0 Å². The number of hydrogen-bond donors (Lipinski definition) is 2. The fourth-order valence-corrected chi connectivity index (χ4v) is 2.42. The summed E-state index contributed by atoms with van der Waals surface area (Å²) in [7, 11) is 4.14. The van der Waals surface area contributed by atoms with Gasteiger partial charge in [0, 0.05) is 22.9 Å². The first-order valence-corrected chi connectivity index (χ1v) is 8.44. The van der Waals surface area contributed by atoms with Crippen molar-refractivity contribution in [2.45, 2.75) is 12.8 Å². The highest BCUT2D eigenvalue weighted by molar-refractivity contribution is 6.30. The molecule has 2 rings (SSSR count). The Bertz CT molecular complexity index is 639. The number of anilines is 2. The lowest BCUT2D eigenvalue weighted by Crippen LogP contribution is -2.16. The molecule has 0 atom stereocenters. The zero-order valence-corrected chi connectivity index (χ0v) is 14.9. The van der Waals surface area contributed by atoms with Gasteiger partial charge in [0.05, 0.1) is 6.42 Å². The first kappa shape index (κ1) is 18.3. The number of carbonyl (C=O) groups is 1. The average molecular weight is 346 g/mol. The first-order valence-electron chi connectivity index (χ1n) is 8.06. The van der Waals surface area contributed by atoms with Crippen molar-refractivity contribution in [3.63, 3.8) is 0 Å². The number of rotatable bonds is 8. The molecule has 0 aliphatic heterocycles. The summed E-state index contributed by atoms with van der Waals surface area (Å²) in [4.78, 5) is 14.2. The Kier molecular flexibility index (Phi) is 7.09. The Balaban J connectivity index is 1.78. The summed E-state index contributed by atoms with van der Waals surface area (Å²) in [6.07, 6.45) is 1.42. The van der Waals surface area contributed by atoms with Crippen LogP contribution >= 0.6 is 11.6 Å². The van der Waals surface area contributed by atoms with Crippen molar-refractivity contribution in [2.24, 2.45) is 0 Å². The molecule has 0 aliphatic rings. The van der Waals surface area contributed by atoms with Crippen LogP contribution in [0.15, 0.2) is 48.5 Å². The highest BCUT2D eigenvalue weighted by atomic mass is 35.5. The molecule has 24 heavy (non-hydrogen) atoms. The molecule has 0 radical (unpaired) electrons. The fraction of sp³-hybridized carbons (Fsp3) is 0.316. The maximum Gasteiger partial charge on any atom is 0.228 e. The Morgan fingerprint density at radius 1 is 1.00 bits per heavy atom. The molecule has 2 aromatic carbocycles. The third-order valence-corrected chi connectivity index (χ3v) is 3.81. The molecule has 0 saturated heterocycles. The van der Waals surface area contributed by atoms with E-state index in [0.29, 0.717) is 11.4 Å². The highest BCUT2D eigenvalue weighted by Gasteiger charge is 2.04. The predicted octanol–water partition coefficient (Wildman–Crippen LogP) is 3.88. The molecule has 0 spiro atoms. The standard InChI is InChI=1S/C19H24ClN3O/c1-23(2)13-3-12-21-17-8-10-18(11-9-17)22-19(24)14-15-4-6-16(20)7-5-15/h4-11,21H,3,12-14H2,1-2H3,(H,22,24). The summed E-state index contributed by atoms with van der Waals surface area (Å²) >= 11 is 5.84. The fourth-order valence-electron chi connectivity index (χ4n) is 2.29. The molecule has 4 nitrogen and oxygen atoms in total. The number of halogens is 1. The third-order valence-electron chi connectivity index (χ3n) is 3.56. The molecule has 5 heteroatoms. The quantitative estimate of drug-likeness (QED) is 0.713. The first-order chi connectivity index (χ1) is 11.5. The summed E-state index contributed by atoms with van der Waals surface area (Å²) in [5.74, 6) is -0.0379. The monoisotopic (exact) mass is 345 g/mol. The van der Waals surface area contributed by atoms with Gasteiger partial charge in [0.1, 0.15) is 0 Å². The van der Waals surface area contributed by atoms with Crippen LogP contribution in [0.2, 0.25) is 5.02 Å². The SMILES string of the molecule is CN(C)CCCNc1ccc(NC(=O)Cc2ccc(Cl)cc2)cc1. The average Bonchev–Trinajstić information content (AvgIpc) is 2.55. The van der Waals surface area contributed by atoms with Crippen molar-refractivity contribution in [3.05, 3.63) is 59.1 Å². The minimum absolute atomic E-state index is 0.0379. The van der Waals surface area contributed by atoms with Crippen LogP contribution in [0.4, 0.5) is 11.4 Å². The van der Waals surface area contributed by atoms with Crippen LogP contribution in [0.25, 0.3) is 0 Å². The van der Waals surface area contributed by atoms with Crippen molar-refractivity contribution in [3.8, 4) is 0 Å². The summed E-state index contributed by atoms with van der Waals surface area (Å²) in [5.41, 5.74) is 2.80. The van der Waals surface area contributed by atoms with Crippen molar-refractivity contribution in [1.82, 2.24) is 4.90 Å². The van der Waals surface area contributed by atoms with Crippen LogP contribution < -0.4 is 10.6 Å². The molecule has 2 N–H and O–H groups in total. The van der Waals surface area contributed by atoms with E-state index < -0.39 is 0 Å². The molecule has 0 saturated carbocycles. The molecular weight excluding hydrogens is 322 g/mol. The van der Waals surface area contributed by atoms with E-state index in [2.05, 4.69) is 29.6 Å². The maximum atomic E-state index is 12.1. The zero-order valence-electron chi connectivity index (χ0n) is 14.2. The lowest BCUT2D eigenvalue weighted by atomic mass is 10.1. The molecule has 0 fully saturated rings. The van der Waals surface area contributed by atoms with E-state index in [0.717, 1.165) is 36.4 Å². The van der Waals surface area contributed by atoms with Gasteiger partial charge in [0.25, 0.3) is 0 Å². The van der Waals surface area contributed by atoms with Crippen molar-refractivity contribution in [2.75, 3.05) is 37.8 Å². The van der Waals surface area contributed by atoms with Gasteiger partial charge in [-0.25, -0.2) is 0 Å². The molecule has 1 amide bonds. The van der Waals surface area contributed by atoms with Crippen LogP contribution in [0, 0.1) is 0 Å². The Labute approximate surface area is 148 Å². The maximum absolute atomic E-state index is 12.1. The van der Waals surface area contributed by atoms with Gasteiger partial charge >= 0.3 is 0 Å². The number of carbonyl (C=O) groups excluding carboxylic acids is 1. The Morgan fingerprint density at radius 3 is 2.25 bits per heavy atom. The van der Waals surface area contributed by atoms with Crippen LogP contribution in [0.1, 0.15) is 12.0 Å². The van der Waals surface area contributed by atoms with Gasteiger partial charge in [-0.15, -0.1) is 0 Å². The van der Waals surface area contributed by atoms with Crippen LogP contribution in [-0.4, -0.2) is 38.0 Å². The lowest BCUT2D eigenvalue weighted by Gasteiger charge is -2.11. The van der Waals surface area contributed by atoms with E-state index in [9.17, 15) is 4.79 Å². The van der Waals surface area contributed by atoms with Crippen LogP contribution in [0.5, 0.6) is 0 Å². The zero-order chi connectivity index (χ0) is 17.4. The van der Waals surface area contributed by atoms with Crippen molar-refractivity contribution < 1.29 is 4.79 Å². The summed E-state index contributed by atoms with van der Waals surface area (Å²) in [5, 5.41) is 6.96. The second kappa shape index (κ2) is 9.30. The van der Waals surface area contributed by atoms with Crippen LogP contribution in [-0.2, 0) is 11.2 Å². The second-order valence-electron chi connectivity index (χ2n) is 6.01. The van der Waals surface area contributed by atoms with Gasteiger partial charge in [-0.3, -0.25) is 4.79 Å². The van der Waals surface area contributed by atoms with E-state index >= 15 is 0 Å². The smallest absolute Gasteiger partial charge is 0.228 e. The predicted molar refractivity (Wildman–Crippen MR) is 102 cm³/mol. The lowest BCUT2D eigenvalue weighted by molar-refractivity contribution is -0.115. The van der Waals surface area contributed by atoms with E-state index in [1.54, 1.807) is 12.1 Å². The summed E-state index contributed by atoms with van der Waals surface area (Å²) in [6, 6.07) is 15.1. The largest absolute Gasteiger partial charge is 0.385 e. The molecule has 0 heterocycles. The Morgan fingerprint density at radius 2 is 1.62 bits per heavy atom. The molecule has 0 aliphatic carbocycles. The van der Waals surface area contributed by atoms with E-state index in [-0.39, 0.29) is 5.91 Å².